The van der Waals surface area contributed by atoms with Crippen molar-refractivity contribution in [2.75, 3.05) is 13.6 Å². The summed E-state index contributed by atoms with van der Waals surface area (Å²) in [5.41, 5.74) is 4.15. The van der Waals surface area contributed by atoms with E-state index in [1.807, 2.05) is 12.3 Å². The molecule has 2 aromatic rings. The van der Waals surface area contributed by atoms with Crippen LogP contribution in [0.1, 0.15) is 23.7 Å². The summed E-state index contributed by atoms with van der Waals surface area (Å²) in [5, 5.41) is 0. The van der Waals surface area contributed by atoms with Gasteiger partial charge in [0.1, 0.15) is 6.54 Å². The van der Waals surface area contributed by atoms with Crippen LogP contribution in [-0.4, -0.2) is 13.6 Å². The van der Waals surface area contributed by atoms with Gasteiger partial charge < -0.3 is 4.90 Å². The Morgan fingerprint density at radius 1 is 1.00 bits per heavy atom. The maximum atomic E-state index is 3.29. The van der Waals surface area contributed by atoms with Gasteiger partial charge in [0.25, 0.3) is 0 Å². The molecule has 0 fully saturated rings. The number of hydrogen-bond donors (Lipinski definition) is 1. The van der Waals surface area contributed by atoms with Gasteiger partial charge in [0.15, 0.2) is 11.9 Å². The lowest BCUT2D eigenvalue weighted by Gasteiger charge is -2.13. The van der Waals surface area contributed by atoms with Crippen molar-refractivity contribution < 1.29 is 9.88 Å². The number of nitrogens with one attached hydrogen (secondary N) is 2. The molecule has 2 nitrogen and oxygen atoms in total. The van der Waals surface area contributed by atoms with Gasteiger partial charge in [0, 0.05) is 17.7 Å². The third-order valence-corrected chi connectivity index (χ3v) is 3.53. The van der Waals surface area contributed by atoms with Gasteiger partial charge in [-0.3, -0.25) is 0 Å². The Hall–Kier alpha value is -1.67. The first-order chi connectivity index (χ1) is 9.28. The summed E-state index contributed by atoms with van der Waals surface area (Å²) in [5.74, 6) is 0. The number of H-pyrrole nitrogens is 1. The van der Waals surface area contributed by atoms with Crippen molar-refractivity contribution in [2.45, 2.75) is 26.3 Å². The minimum absolute atomic E-state index is 1.09. The molecule has 2 N–H and O–H groups in total. The smallest absolute Gasteiger partial charge is 0.185 e. The Morgan fingerprint density at radius 2 is 1.74 bits per heavy atom. The van der Waals surface area contributed by atoms with Crippen LogP contribution in [-0.2, 0) is 19.4 Å². The van der Waals surface area contributed by atoms with E-state index in [-0.39, 0.29) is 0 Å². The maximum Gasteiger partial charge on any atom is 0.185 e. The quantitative estimate of drug-likeness (QED) is 0.804. The van der Waals surface area contributed by atoms with Crippen LogP contribution in [0.3, 0.4) is 0 Å². The van der Waals surface area contributed by atoms with Crippen molar-refractivity contribution >= 4 is 0 Å². The Balaban J connectivity index is 1.82. The highest BCUT2D eigenvalue weighted by Crippen LogP contribution is 2.03. The topological polar surface area (TPSA) is 18.6 Å². The molecule has 19 heavy (non-hydrogen) atoms. The van der Waals surface area contributed by atoms with E-state index < -0.39 is 0 Å². The van der Waals surface area contributed by atoms with E-state index in [2.05, 4.69) is 55.4 Å². The van der Waals surface area contributed by atoms with Crippen molar-refractivity contribution in [3.05, 3.63) is 65.5 Å². The molecule has 1 heterocycles. The second kappa shape index (κ2) is 7.05. The summed E-state index contributed by atoms with van der Waals surface area (Å²) in [6.45, 7) is 4.44. The van der Waals surface area contributed by atoms with Crippen LogP contribution in [0.2, 0.25) is 0 Å². The minimum Gasteiger partial charge on any atom is -0.333 e. The molecular weight excluding hydrogens is 232 g/mol. The molecule has 1 aromatic heterocycles. The van der Waals surface area contributed by atoms with E-state index in [1.54, 1.807) is 4.90 Å². The molecule has 1 atom stereocenters. The van der Waals surface area contributed by atoms with Crippen LogP contribution in [0, 0.1) is 0 Å². The van der Waals surface area contributed by atoms with Crippen LogP contribution < -0.4 is 9.88 Å². The zero-order valence-electron chi connectivity index (χ0n) is 11.9. The normalized spacial score (nSPS) is 12.3. The van der Waals surface area contributed by atoms with Gasteiger partial charge in [0.2, 0.25) is 0 Å². The number of benzene rings is 1. The fraction of sp³-hybridized carbons (Fsp3) is 0.353. The molecule has 0 aliphatic rings. The predicted octanol–water partition coefficient (Wildman–Crippen LogP) is 1.32. The maximum absolute atomic E-state index is 3.29. The van der Waals surface area contributed by atoms with Crippen molar-refractivity contribution in [1.29, 1.82) is 0 Å². The number of aromatic nitrogens is 1. The standard InChI is InChI=1S/C17H22N2/c1-3-15-7-9-16(10-8-15)14-19(2)13-11-17-6-4-5-12-18-17/h4-10,12H,3,11,13-14H2,1-2H3/p+2. The third-order valence-electron chi connectivity index (χ3n) is 3.53. The van der Waals surface area contributed by atoms with E-state index in [0.29, 0.717) is 0 Å². The molecular formula is C17H24N2+2. The fourth-order valence-corrected chi connectivity index (χ4v) is 2.26. The molecule has 2 rings (SSSR count). The van der Waals surface area contributed by atoms with Crippen LogP contribution in [0.25, 0.3) is 0 Å². The van der Waals surface area contributed by atoms with Crippen LogP contribution >= 0.6 is 0 Å². The SMILES string of the molecule is CCc1ccc(C[NH+](C)CCc2cccc[nH+]2)cc1. The largest absolute Gasteiger partial charge is 0.333 e. The molecule has 2 heteroatoms. The molecule has 0 aliphatic carbocycles. The summed E-state index contributed by atoms with van der Waals surface area (Å²) in [4.78, 5) is 4.83. The first-order valence-electron chi connectivity index (χ1n) is 7.12. The van der Waals surface area contributed by atoms with Gasteiger partial charge in [-0.05, 0) is 12.0 Å². The highest BCUT2D eigenvalue weighted by atomic mass is 15.1. The predicted molar refractivity (Wildman–Crippen MR) is 78.0 cm³/mol. The van der Waals surface area contributed by atoms with E-state index >= 15 is 0 Å². The minimum atomic E-state index is 1.09. The number of pyridine rings is 1. The third kappa shape index (κ3) is 4.49. The number of aromatic amines is 1. The van der Waals surface area contributed by atoms with E-state index in [0.717, 1.165) is 25.9 Å². The second-order valence-electron chi connectivity index (χ2n) is 5.19. The lowest BCUT2D eigenvalue weighted by Crippen LogP contribution is -3.07. The number of quaternary nitrogens is 1. The molecule has 0 bridgehead atoms. The van der Waals surface area contributed by atoms with Gasteiger partial charge in [-0.2, -0.15) is 0 Å². The van der Waals surface area contributed by atoms with Gasteiger partial charge in [0.05, 0.1) is 20.0 Å². The van der Waals surface area contributed by atoms with Crippen molar-refractivity contribution in [1.82, 2.24) is 0 Å². The molecule has 0 amide bonds. The summed E-state index contributed by atoms with van der Waals surface area (Å²) in [7, 11) is 2.26. The van der Waals surface area contributed by atoms with Crippen molar-refractivity contribution in [3.8, 4) is 0 Å². The summed E-state index contributed by atoms with van der Waals surface area (Å²) in [6.07, 6.45) is 4.21. The number of rotatable bonds is 6. The van der Waals surface area contributed by atoms with Gasteiger partial charge in [-0.15, -0.1) is 0 Å². The average molecular weight is 256 g/mol. The molecule has 0 saturated carbocycles. The zero-order chi connectivity index (χ0) is 13.5. The Kier molecular flexibility index (Phi) is 5.10. The monoisotopic (exact) mass is 256 g/mol. The van der Waals surface area contributed by atoms with Crippen molar-refractivity contribution in [3.63, 3.8) is 0 Å². The Labute approximate surface area is 116 Å². The lowest BCUT2D eigenvalue weighted by atomic mass is 10.1. The lowest BCUT2D eigenvalue weighted by molar-refractivity contribution is -0.893. The number of aryl methyl sites for hydroxylation is 1. The highest BCUT2D eigenvalue weighted by molar-refractivity contribution is 5.21. The van der Waals surface area contributed by atoms with Crippen LogP contribution in [0.5, 0.6) is 0 Å². The summed E-state index contributed by atoms with van der Waals surface area (Å²) >= 11 is 0. The Morgan fingerprint density at radius 3 is 2.37 bits per heavy atom. The number of likely N-dealkylation sites (N-methyl/N-ethyl adjacent to an activating group) is 1. The van der Waals surface area contributed by atoms with Gasteiger partial charge >= 0.3 is 0 Å². The molecule has 0 spiro atoms. The van der Waals surface area contributed by atoms with E-state index in [1.165, 1.54) is 16.8 Å². The molecule has 0 radical (unpaired) electrons. The summed E-state index contributed by atoms with van der Waals surface area (Å²) in [6, 6.07) is 15.3. The molecule has 0 saturated heterocycles. The molecule has 1 unspecified atom stereocenters. The molecule has 0 aliphatic heterocycles. The first-order valence-corrected chi connectivity index (χ1v) is 7.12. The van der Waals surface area contributed by atoms with E-state index in [4.69, 9.17) is 0 Å². The summed E-state index contributed by atoms with van der Waals surface area (Å²) < 4.78 is 0. The molecule has 1 aromatic carbocycles. The molecule has 100 valence electrons. The van der Waals surface area contributed by atoms with Gasteiger partial charge in [-0.1, -0.05) is 37.3 Å². The Bertz CT molecular complexity index is 476. The van der Waals surface area contributed by atoms with Crippen LogP contribution in [0.15, 0.2) is 48.7 Å². The highest BCUT2D eigenvalue weighted by Gasteiger charge is 2.07. The zero-order valence-corrected chi connectivity index (χ0v) is 11.9. The first kappa shape index (κ1) is 13.8. The van der Waals surface area contributed by atoms with Crippen LogP contribution in [0.4, 0.5) is 0 Å². The van der Waals surface area contributed by atoms with Crippen molar-refractivity contribution in [2.24, 2.45) is 0 Å². The fourth-order valence-electron chi connectivity index (χ4n) is 2.26. The number of hydrogen-bond acceptors (Lipinski definition) is 0. The van der Waals surface area contributed by atoms with E-state index in [9.17, 15) is 0 Å². The second-order valence-corrected chi connectivity index (χ2v) is 5.19. The van der Waals surface area contributed by atoms with Gasteiger partial charge in [-0.25, -0.2) is 4.98 Å². The average Bonchev–Trinajstić information content (AvgIpc) is 2.47.